The van der Waals surface area contributed by atoms with Gasteiger partial charge in [-0.15, -0.1) is 0 Å². The molecule has 0 amide bonds. The van der Waals surface area contributed by atoms with Gasteiger partial charge >= 0.3 is 0 Å². The van der Waals surface area contributed by atoms with Crippen LogP contribution in [0.4, 0.5) is 0 Å². The number of carbonyl (C=O) groups is 1. The molecule has 16 heavy (non-hydrogen) atoms. The van der Waals surface area contributed by atoms with Gasteiger partial charge in [0.2, 0.25) is 0 Å². The zero-order valence-electron chi connectivity index (χ0n) is 10.4. The molecule has 0 bridgehead atoms. The van der Waals surface area contributed by atoms with Gasteiger partial charge in [0.1, 0.15) is 5.54 Å². The number of ketones is 1. The zero-order chi connectivity index (χ0) is 12.6. The van der Waals surface area contributed by atoms with Gasteiger partial charge in [-0.2, -0.15) is 9.97 Å². The maximum Gasteiger partial charge on any atom is 0.183 e. The normalized spacial score (nSPS) is 41.1. The van der Waals surface area contributed by atoms with E-state index in [0.717, 1.165) is 5.06 Å². The topological polar surface area (TPSA) is 70.0 Å². The molecule has 92 valence electrons. The average molecular weight is 228 g/mol. The van der Waals surface area contributed by atoms with Crippen molar-refractivity contribution in [3.8, 4) is 0 Å². The summed E-state index contributed by atoms with van der Waals surface area (Å²) in [5.74, 6) is -0.279. The molecular formula is C11H20N2O3. The second-order valence-corrected chi connectivity index (χ2v) is 4.98. The maximum absolute atomic E-state index is 12.0. The van der Waals surface area contributed by atoms with E-state index in [9.17, 15) is 14.9 Å². The van der Waals surface area contributed by atoms with E-state index in [1.165, 1.54) is 0 Å². The van der Waals surface area contributed by atoms with E-state index in [-0.39, 0.29) is 12.2 Å². The molecule has 1 N–H and O–H groups in total. The first-order valence-corrected chi connectivity index (χ1v) is 5.71. The number of piperidine rings is 1. The molecule has 1 fully saturated rings. The molecule has 0 radical (unpaired) electrons. The number of nitrogens with zero attached hydrogens (tertiary/aromatic N) is 2. The van der Waals surface area contributed by atoms with Gasteiger partial charge in [-0.25, -0.2) is 0 Å². The lowest BCUT2D eigenvalue weighted by molar-refractivity contribution is -0.245. The summed E-state index contributed by atoms with van der Waals surface area (Å²) in [6.45, 7) is 7.27. The van der Waals surface area contributed by atoms with Crippen LogP contribution in [0.2, 0.25) is 0 Å². The number of rotatable bonds is 3. The second kappa shape index (κ2) is 4.22. The van der Waals surface area contributed by atoms with Crippen LogP contribution in [0.1, 0.15) is 47.0 Å². The highest BCUT2D eigenvalue weighted by molar-refractivity contribution is 5.93. The van der Waals surface area contributed by atoms with Gasteiger partial charge < -0.3 is 5.21 Å². The fourth-order valence-corrected chi connectivity index (χ4v) is 2.36. The predicted octanol–water partition coefficient (Wildman–Crippen LogP) is 2.12. The molecule has 3 unspecified atom stereocenters. The first-order valence-electron chi connectivity index (χ1n) is 5.71. The summed E-state index contributed by atoms with van der Waals surface area (Å²) in [5, 5.41) is 14.2. The van der Waals surface area contributed by atoms with E-state index < -0.39 is 17.1 Å². The fraction of sp³-hybridized carbons (Fsp3) is 0.909. The molecule has 1 saturated heterocycles. The lowest BCUT2D eigenvalue weighted by atomic mass is 9.74. The van der Waals surface area contributed by atoms with E-state index in [4.69, 9.17) is 0 Å². The minimum atomic E-state index is -0.998. The van der Waals surface area contributed by atoms with Gasteiger partial charge in [-0.1, -0.05) is 19.0 Å². The zero-order valence-corrected chi connectivity index (χ0v) is 10.4. The lowest BCUT2D eigenvalue weighted by Crippen LogP contribution is -2.67. The molecule has 3 atom stereocenters. The molecule has 1 aliphatic heterocycles. The first kappa shape index (κ1) is 13.3. The summed E-state index contributed by atoms with van der Waals surface area (Å²) in [6, 6.07) is -0.835. The van der Waals surface area contributed by atoms with E-state index >= 15 is 0 Å². The Morgan fingerprint density at radius 1 is 1.44 bits per heavy atom. The Balaban J connectivity index is 3.17. The Hall–Kier alpha value is -0.810. The molecule has 5 heteroatoms. The van der Waals surface area contributed by atoms with E-state index in [1.54, 1.807) is 6.92 Å². The molecule has 1 heterocycles. The molecule has 0 aliphatic carbocycles. The van der Waals surface area contributed by atoms with Crippen molar-refractivity contribution in [1.29, 1.82) is 0 Å². The Labute approximate surface area is 95.7 Å². The van der Waals surface area contributed by atoms with Crippen molar-refractivity contribution in [2.24, 2.45) is 5.18 Å². The quantitative estimate of drug-likeness (QED) is 0.751. The smallest absolute Gasteiger partial charge is 0.183 e. The maximum atomic E-state index is 12.0. The van der Waals surface area contributed by atoms with Gasteiger partial charge in [0.25, 0.3) is 0 Å². The largest absolute Gasteiger partial charge is 0.312 e. The lowest BCUT2D eigenvalue weighted by Gasteiger charge is -2.51. The number of Topliss-reactive ketones (excluding diaryl/α,β-unsaturated/α-hetero) is 1. The van der Waals surface area contributed by atoms with Crippen LogP contribution in [0.3, 0.4) is 0 Å². The summed E-state index contributed by atoms with van der Waals surface area (Å²) in [7, 11) is 0. The number of nitroso groups, excluding NO2 is 1. The molecule has 1 aliphatic rings. The minimum absolute atomic E-state index is 0.279. The molecule has 0 aromatic rings. The van der Waals surface area contributed by atoms with Gasteiger partial charge in [0.05, 0.1) is 0 Å². The van der Waals surface area contributed by atoms with E-state index in [1.807, 2.05) is 20.8 Å². The number of carbonyl (C=O) groups excluding carboxylic acids is 1. The van der Waals surface area contributed by atoms with Gasteiger partial charge in [0.15, 0.2) is 11.8 Å². The molecule has 0 spiro atoms. The highest BCUT2D eigenvalue weighted by Crippen LogP contribution is 2.39. The Morgan fingerprint density at radius 2 is 2.00 bits per heavy atom. The Morgan fingerprint density at radius 3 is 2.38 bits per heavy atom. The number of hydrogen-bond donors (Lipinski definition) is 1. The van der Waals surface area contributed by atoms with Gasteiger partial charge in [-0.05, 0) is 26.7 Å². The third kappa shape index (κ3) is 1.68. The molecule has 0 aromatic carbocycles. The van der Waals surface area contributed by atoms with Crippen LogP contribution >= 0.6 is 0 Å². The predicted molar refractivity (Wildman–Crippen MR) is 60.2 cm³/mol. The summed E-state index contributed by atoms with van der Waals surface area (Å²) in [5.41, 5.74) is -1.56. The van der Waals surface area contributed by atoms with Crippen molar-refractivity contribution in [3.05, 3.63) is 4.91 Å². The summed E-state index contributed by atoms with van der Waals surface area (Å²) in [6.07, 6.45) is 1.42. The van der Waals surface area contributed by atoms with Crippen molar-refractivity contribution in [3.63, 3.8) is 0 Å². The van der Waals surface area contributed by atoms with Gasteiger partial charge in [0, 0.05) is 12.0 Å². The summed E-state index contributed by atoms with van der Waals surface area (Å²) < 4.78 is 0. The summed E-state index contributed by atoms with van der Waals surface area (Å²) in [4.78, 5) is 22.7. The first-order chi connectivity index (χ1) is 7.35. The van der Waals surface area contributed by atoms with Crippen LogP contribution < -0.4 is 0 Å². The SMILES string of the molecule is CCC1(C)CC(N=O)C(=O)C(C)(CC)N1O. The third-order valence-electron chi connectivity index (χ3n) is 4.02. The monoisotopic (exact) mass is 228 g/mol. The molecule has 1 rings (SSSR count). The van der Waals surface area contributed by atoms with Crippen molar-refractivity contribution in [1.82, 2.24) is 5.06 Å². The standard InChI is InChI=1S/C11H20N2O3/c1-5-10(3)7-8(12-15)9(14)11(4,6-2)13(10)16/h8,16H,5-7H2,1-4H3. The highest BCUT2D eigenvalue weighted by atomic mass is 16.5. The minimum Gasteiger partial charge on any atom is -0.312 e. The summed E-state index contributed by atoms with van der Waals surface area (Å²) >= 11 is 0. The van der Waals surface area contributed by atoms with Crippen LogP contribution in [0.5, 0.6) is 0 Å². The fourth-order valence-electron chi connectivity index (χ4n) is 2.36. The van der Waals surface area contributed by atoms with Gasteiger partial charge in [-0.3, -0.25) is 4.79 Å². The van der Waals surface area contributed by atoms with Crippen molar-refractivity contribution < 1.29 is 10.0 Å². The molecule has 0 aromatic heterocycles. The number of hydroxylamine groups is 2. The molecule has 5 nitrogen and oxygen atoms in total. The second-order valence-electron chi connectivity index (χ2n) is 4.98. The average Bonchev–Trinajstić information content (AvgIpc) is 2.31. The van der Waals surface area contributed by atoms with Crippen LogP contribution in [-0.2, 0) is 4.79 Å². The van der Waals surface area contributed by atoms with E-state index in [2.05, 4.69) is 5.18 Å². The van der Waals surface area contributed by atoms with Crippen LogP contribution in [-0.4, -0.2) is 33.2 Å². The number of hydrogen-bond acceptors (Lipinski definition) is 5. The van der Waals surface area contributed by atoms with Crippen LogP contribution in [0.25, 0.3) is 0 Å². The Kier molecular flexibility index (Phi) is 3.50. The van der Waals surface area contributed by atoms with Crippen molar-refractivity contribution in [2.45, 2.75) is 64.1 Å². The van der Waals surface area contributed by atoms with Crippen LogP contribution in [0, 0.1) is 4.91 Å². The molecule has 0 saturated carbocycles. The van der Waals surface area contributed by atoms with Crippen molar-refractivity contribution in [2.75, 3.05) is 0 Å². The third-order valence-corrected chi connectivity index (χ3v) is 4.02. The van der Waals surface area contributed by atoms with Crippen LogP contribution in [0.15, 0.2) is 5.18 Å². The van der Waals surface area contributed by atoms with E-state index in [0.29, 0.717) is 12.8 Å². The molecular weight excluding hydrogens is 208 g/mol. The van der Waals surface area contributed by atoms with Crippen molar-refractivity contribution >= 4 is 5.78 Å². The Bertz CT molecular complexity index is 308. The highest BCUT2D eigenvalue weighted by Gasteiger charge is 2.54.